The minimum atomic E-state index is 0.461. The lowest BCUT2D eigenvalue weighted by Crippen LogP contribution is -2.46. The molecule has 0 saturated heterocycles. The fourth-order valence-corrected chi connectivity index (χ4v) is 2.28. The average molecular weight is 212 g/mol. The molecule has 2 heteroatoms. The van der Waals surface area contributed by atoms with Crippen molar-refractivity contribution in [1.82, 2.24) is 10.6 Å². The summed E-state index contributed by atoms with van der Waals surface area (Å²) in [5.74, 6) is 0. The van der Waals surface area contributed by atoms with E-state index in [1.54, 1.807) is 0 Å². The van der Waals surface area contributed by atoms with Crippen LogP contribution in [0.3, 0.4) is 0 Å². The molecule has 0 aliphatic heterocycles. The van der Waals surface area contributed by atoms with E-state index in [0.717, 1.165) is 6.54 Å². The van der Waals surface area contributed by atoms with Crippen LogP contribution in [0.15, 0.2) is 0 Å². The number of hydrogen-bond acceptors (Lipinski definition) is 2. The first-order valence-electron chi connectivity index (χ1n) is 6.33. The highest BCUT2D eigenvalue weighted by Crippen LogP contribution is 2.39. The molecule has 1 aliphatic carbocycles. The van der Waals surface area contributed by atoms with Gasteiger partial charge >= 0.3 is 0 Å². The Morgan fingerprint density at radius 2 is 1.80 bits per heavy atom. The number of rotatable bonds is 6. The summed E-state index contributed by atoms with van der Waals surface area (Å²) in [6, 6.07) is 0. The Labute approximate surface area is 95.2 Å². The predicted molar refractivity (Wildman–Crippen MR) is 67.2 cm³/mol. The van der Waals surface area contributed by atoms with Gasteiger partial charge in [0.25, 0.3) is 0 Å². The molecule has 0 radical (unpaired) electrons. The molecule has 0 bridgehead atoms. The van der Waals surface area contributed by atoms with Crippen LogP contribution in [-0.4, -0.2) is 26.7 Å². The monoisotopic (exact) mass is 212 g/mol. The molecule has 0 amide bonds. The van der Waals surface area contributed by atoms with Gasteiger partial charge < -0.3 is 10.6 Å². The fraction of sp³-hybridized carbons (Fsp3) is 1.00. The summed E-state index contributed by atoms with van der Waals surface area (Å²) >= 11 is 0. The van der Waals surface area contributed by atoms with Crippen molar-refractivity contribution in [2.24, 2.45) is 10.8 Å². The largest absolute Gasteiger partial charge is 0.319 e. The first-order chi connectivity index (χ1) is 6.97. The maximum Gasteiger partial charge on any atom is 0.00200 e. The maximum absolute atomic E-state index is 3.63. The summed E-state index contributed by atoms with van der Waals surface area (Å²) in [7, 11) is 2.06. The van der Waals surface area contributed by atoms with E-state index in [1.165, 1.54) is 38.8 Å². The summed E-state index contributed by atoms with van der Waals surface area (Å²) in [5, 5.41) is 6.96. The van der Waals surface area contributed by atoms with Crippen molar-refractivity contribution in [2.45, 2.75) is 46.5 Å². The van der Waals surface area contributed by atoms with Gasteiger partial charge in [0.1, 0.15) is 0 Å². The average Bonchev–Trinajstić information content (AvgIpc) is 2.06. The first-order valence-corrected chi connectivity index (χ1v) is 6.33. The molecule has 0 heterocycles. The van der Waals surface area contributed by atoms with Gasteiger partial charge in [0.05, 0.1) is 0 Å². The van der Waals surface area contributed by atoms with Gasteiger partial charge in [-0.3, -0.25) is 0 Å². The first kappa shape index (κ1) is 13.0. The third-order valence-electron chi connectivity index (χ3n) is 3.52. The zero-order valence-corrected chi connectivity index (χ0v) is 10.9. The molecule has 2 nitrogen and oxygen atoms in total. The second-order valence-electron chi connectivity index (χ2n) is 6.37. The molecule has 0 atom stereocenters. The van der Waals surface area contributed by atoms with Gasteiger partial charge in [0.15, 0.2) is 0 Å². The quantitative estimate of drug-likeness (QED) is 0.661. The van der Waals surface area contributed by atoms with Crippen molar-refractivity contribution in [3.8, 4) is 0 Å². The lowest BCUT2D eigenvalue weighted by molar-refractivity contribution is 0.129. The summed E-state index contributed by atoms with van der Waals surface area (Å²) < 4.78 is 0. The van der Waals surface area contributed by atoms with Crippen LogP contribution in [0.1, 0.15) is 46.5 Å². The molecule has 1 aliphatic rings. The van der Waals surface area contributed by atoms with E-state index >= 15 is 0 Å². The number of nitrogens with one attached hydrogen (secondary N) is 2. The van der Waals surface area contributed by atoms with Crippen molar-refractivity contribution in [3.05, 3.63) is 0 Å². The number of hydrogen-bond donors (Lipinski definition) is 2. The molecular weight excluding hydrogens is 184 g/mol. The Morgan fingerprint density at radius 1 is 1.13 bits per heavy atom. The molecule has 15 heavy (non-hydrogen) atoms. The maximum atomic E-state index is 3.63. The molecule has 0 aromatic rings. The molecule has 0 unspecified atom stereocenters. The van der Waals surface area contributed by atoms with E-state index in [0.29, 0.717) is 10.8 Å². The van der Waals surface area contributed by atoms with Crippen LogP contribution in [0.2, 0.25) is 0 Å². The Balaban J connectivity index is 2.13. The zero-order chi connectivity index (χ0) is 11.4. The highest BCUT2D eigenvalue weighted by Gasteiger charge is 2.35. The van der Waals surface area contributed by atoms with Gasteiger partial charge in [-0.2, -0.15) is 0 Å². The summed E-state index contributed by atoms with van der Waals surface area (Å²) in [6.45, 7) is 10.5. The molecule has 0 aromatic carbocycles. The van der Waals surface area contributed by atoms with Gasteiger partial charge in [-0.05, 0) is 43.7 Å². The van der Waals surface area contributed by atoms with E-state index in [4.69, 9.17) is 0 Å². The van der Waals surface area contributed by atoms with E-state index < -0.39 is 0 Å². The van der Waals surface area contributed by atoms with Crippen LogP contribution < -0.4 is 10.6 Å². The van der Waals surface area contributed by atoms with Crippen LogP contribution in [-0.2, 0) is 0 Å². The SMILES string of the molecule is CNCC1(CNCCC(C)(C)C)CCC1. The molecule has 90 valence electrons. The van der Waals surface area contributed by atoms with E-state index in [1.807, 2.05) is 0 Å². The third-order valence-corrected chi connectivity index (χ3v) is 3.52. The standard InChI is InChI=1S/C13H28N2/c1-12(2,3)8-9-15-11-13(10-14-4)6-5-7-13/h14-15H,5-11H2,1-4H3. The van der Waals surface area contributed by atoms with Crippen molar-refractivity contribution >= 4 is 0 Å². The minimum absolute atomic E-state index is 0.461. The van der Waals surface area contributed by atoms with Crippen molar-refractivity contribution in [1.29, 1.82) is 0 Å². The van der Waals surface area contributed by atoms with Crippen LogP contribution in [0.25, 0.3) is 0 Å². The van der Waals surface area contributed by atoms with Crippen LogP contribution in [0.5, 0.6) is 0 Å². The Hall–Kier alpha value is -0.0800. The van der Waals surface area contributed by atoms with Crippen molar-refractivity contribution < 1.29 is 0 Å². The van der Waals surface area contributed by atoms with E-state index in [9.17, 15) is 0 Å². The van der Waals surface area contributed by atoms with Gasteiger partial charge in [-0.1, -0.05) is 27.2 Å². The molecular formula is C13H28N2. The van der Waals surface area contributed by atoms with E-state index in [-0.39, 0.29) is 0 Å². The second-order valence-corrected chi connectivity index (χ2v) is 6.37. The lowest BCUT2D eigenvalue weighted by Gasteiger charge is -2.42. The summed E-state index contributed by atoms with van der Waals surface area (Å²) in [4.78, 5) is 0. The summed E-state index contributed by atoms with van der Waals surface area (Å²) in [6.07, 6.45) is 5.48. The molecule has 1 rings (SSSR count). The fourth-order valence-electron chi connectivity index (χ4n) is 2.28. The molecule has 0 spiro atoms. The molecule has 0 aromatic heterocycles. The molecule has 1 fully saturated rings. The van der Waals surface area contributed by atoms with Gasteiger partial charge in [-0.25, -0.2) is 0 Å². The second kappa shape index (κ2) is 5.31. The van der Waals surface area contributed by atoms with Gasteiger partial charge in [0.2, 0.25) is 0 Å². The third kappa shape index (κ3) is 4.52. The highest BCUT2D eigenvalue weighted by atomic mass is 14.9. The molecule has 1 saturated carbocycles. The molecule has 2 N–H and O–H groups in total. The van der Waals surface area contributed by atoms with Crippen molar-refractivity contribution in [3.63, 3.8) is 0 Å². The van der Waals surface area contributed by atoms with Crippen LogP contribution in [0.4, 0.5) is 0 Å². The minimum Gasteiger partial charge on any atom is -0.319 e. The lowest BCUT2D eigenvalue weighted by atomic mass is 9.68. The Kier molecular flexibility index (Phi) is 4.60. The topological polar surface area (TPSA) is 24.1 Å². The van der Waals surface area contributed by atoms with Gasteiger partial charge in [-0.15, -0.1) is 0 Å². The van der Waals surface area contributed by atoms with Crippen LogP contribution in [0, 0.1) is 10.8 Å². The normalized spacial score (nSPS) is 20.0. The van der Waals surface area contributed by atoms with Crippen molar-refractivity contribution in [2.75, 3.05) is 26.7 Å². The van der Waals surface area contributed by atoms with E-state index in [2.05, 4.69) is 38.5 Å². The zero-order valence-electron chi connectivity index (χ0n) is 10.9. The Bertz CT molecular complexity index is 177. The highest BCUT2D eigenvalue weighted by molar-refractivity contribution is 4.91. The van der Waals surface area contributed by atoms with Crippen LogP contribution >= 0.6 is 0 Å². The van der Waals surface area contributed by atoms with Gasteiger partial charge in [0, 0.05) is 13.1 Å². The predicted octanol–water partition coefficient (Wildman–Crippen LogP) is 2.40. The summed E-state index contributed by atoms with van der Waals surface area (Å²) in [5.41, 5.74) is 1.04. The smallest absolute Gasteiger partial charge is 0.00200 e. The Morgan fingerprint density at radius 3 is 2.20 bits per heavy atom.